The Morgan fingerprint density at radius 2 is 1.82 bits per heavy atom. The van der Waals surface area contributed by atoms with Crippen molar-refractivity contribution in [3.63, 3.8) is 0 Å². The van der Waals surface area contributed by atoms with E-state index in [1.54, 1.807) is 12.1 Å². The number of thiophene rings is 1. The summed E-state index contributed by atoms with van der Waals surface area (Å²) >= 11 is 1.43. The van der Waals surface area contributed by atoms with Gasteiger partial charge in [0, 0.05) is 21.2 Å². The zero-order valence-corrected chi connectivity index (χ0v) is 20.1. The second-order valence-corrected chi connectivity index (χ2v) is 9.27. The van der Waals surface area contributed by atoms with Crippen LogP contribution in [0.1, 0.15) is 39.7 Å². The van der Waals surface area contributed by atoms with Crippen molar-refractivity contribution in [1.29, 1.82) is 0 Å². The van der Waals surface area contributed by atoms with E-state index in [4.69, 9.17) is 4.74 Å². The molecule has 0 saturated heterocycles. The van der Waals surface area contributed by atoms with Crippen LogP contribution in [-0.2, 0) is 0 Å². The highest BCUT2D eigenvalue weighted by Crippen LogP contribution is 2.42. The Hall–Kier alpha value is -3.15. The molecule has 4 rings (SSSR count). The van der Waals surface area contributed by atoms with Gasteiger partial charge in [-0.25, -0.2) is 0 Å². The first-order valence-corrected chi connectivity index (χ1v) is 12.1. The lowest BCUT2D eigenvalue weighted by atomic mass is 9.95. The minimum atomic E-state index is 0.00643. The maximum absolute atomic E-state index is 13.6. The van der Waals surface area contributed by atoms with Crippen LogP contribution in [0.2, 0.25) is 0 Å². The van der Waals surface area contributed by atoms with E-state index in [2.05, 4.69) is 12.2 Å². The molecule has 0 aliphatic carbocycles. The zero-order valence-electron chi connectivity index (χ0n) is 19.3. The molecule has 0 spiro atoms. The van der Waals surface area contributed by atoms with Gasteiger partial charge in [0.05, 0.1) is 11.5 Å². The Bertz CT molecular complexity index is 1270. The average Bonchev–Trinajstić information content (AvgIpc) is 3.17. The molecule has 4 nitrogen and oxygen atoms in total. The Labute approximate surface area is 198 Å². The molecular formula is C28H29NO3S. The molecule has 33 heavy (non-hydrogen) atoms. The largest absolute Gasteiger partial charge is 0.508 e. The summed E-state index contributed by atoms with van der Waals surface area (Å²) in [6.07, 6.45) is 0.947. The van der Waals surface area contributed by atoms with E-state index in [0.29, 0.717) is 17.0 Å². The van der Waals surface area contributed by atoms with Crippen LogP contribution >= 0.6 is 11.3 Å². The van der Waals surface area contributed by atoms with Crippen LogP contribution in [0, 0.1) is 13.8 Å². The van der Waals surface area contributed by atoms with Gasteiger partial charge in [-0.2, -0.15) is 0 Å². The SMILES string of the molecule is CCNCCCOc1ccc(-c2c(C(=O)c3ccc(C)cc3C)sc3cc(O)ccc23)cc1. The van der Waals surface area contributed by atoms with Crippen molar-refractivity contribution in [2.24, 2.45) is 0 Å². The third-order valence-corrected chi connectivity index (χ3v) is 6.82. The van der Waals surface area contributed by atoms with E-state index in [-0.39, 0.29) is 11.5 Å². The summed E-state index contributed by atoms with van der Waals surface area (Å²) in [5, 5.41) is 14.3. The molecule has 1 aromatic heterocycles. The number of nitrogens with one attached hydrogen (secondary N) is 1. The van der Waals surface area contributed by atoms with Crippen molar-refractivity contribution in [2.75, 3.05) is 19.7 Å². The van der Waals surface area contributed by atoms with Crippen molar-refractivity contribution >= 4 is 27.2 Å². The highest BCUT2D eigenvalue weighted by Gasteiger charge is 2.22. The summed E-state index contributed by atoms with van der Waals surface area (Å²) in [7, 11) is 0. The summed E-state index contributed by atoms with van der Waals surface area (Å²) in [6, 6.07) is 19.1. The lowest BCUT2D eigenvalue weighted by molar-refractivity contribution is 0.104. The molecule has 0 radical (unpaired) electrons. The number of fused-ring (bicyclic) bond motifs is 1. The van der Waals surface area contributed by atoms with Gasteiger partial charge in [-0.1, -0.05) is 42.8 Å². The molecule has 0 amide bonds. The predicted octanol–water partition coefficient (Wildman–Crippen LogP) is 6.50. The van der Waals surface area contributed by atoms with E-state index in [1.165, 1.54) is 11.3 Å². The van der Waals surface area contributed by atoms with Crippen LogP contribution in [0.15, 0.2) is 60.7 Å². The number of carbonyl (C=O) groups excluding carboxylic acids is 1. The molecule has 0 saturated carbocycles. The molecule has 4 aromatic rings. The number of carbonyl (C=O) groups is 1. The van der Waals surface area contributed by atoms with E-state index in [1.807, 2.05) is 62.4 Å². The number of aryl methyl sites for hydroxylation is 2. The van der Waals surface area contributed by atoms with E-state index in [0.717, 1.165) is 57.6 Å². The molecule has 2 N–H and O–H groups in total. The Morgan fingerprint density at radius 3 is 2.55 bits per heavy atom. The fourth-order valence-electron chi connectivity index (χ4n) is 4.00. The highest BCUT2D eigenvalue weighted by atomic mass is 32.1. The van der Waals surface area contributed by atoms with Crippen LogP contribution < -0.4 is 10.1 Å². The van der Waals surface area contributed by atoms with Gasteiger partial charge in [0.2, 0.25) is 5.78 Å². The molecule has 0 fully saturated rings. The Morgan fingerprint density at radius 1 is 1.03 bits per heavy atom. The number of ketones is 1. The topological polar surface area (TPSA) is 58.6 Å². The first-order valence-electron chi connectivity index (χ1n) is 11.3. The van der Waals surface area contributed by atoms with Crippen LogP contribution in [0.4, 0.5) is 0 Å². The zero-order chi connectivity index (χ0) is 23.4. The molecule has 0 unspecified atom stereocenters. The van der Waals surface area contributed by atoms with Crippen molar-refractivity contribution in [2.45, 2.75) is 27.2 Å². The van der Waals surface area contributed by atoms with Gasteiger partial charge in [0.15, 0.2) is 0 Å². The number of phenols is 1. The molecule has 3 aromatic carbocycles. The van der Waals surface area contributed by atoms with Gasteiger partial charge >= 0.3 is 0 Å². The monoisotopic (exact) mass is 459 g/mol. The standard InChI is InChI=1S/C28H29NO3S/c1-4-29-14-5-15-32-22-10-7-20(8-11-22)26-24-13-9-21(30)17-25(24)33-28(26)27(31)23-12-6-18(2)16-19(23)3/h6-13,16-17,29-30H,4-5,14-15H2,1-3H3. The fourth-order valence-corrected chi connectivity index (χ4v) is 5.22. The van der Waals surface area contributed by atoms with Gasteiger partial charge in [0.1, 0.15) is 11.5 Å². The fraction of sp³-hybridized carbons (Fsp3) is 0.250. The van der Waals surface area contributed by atoms with Gasteiger partial charge in [-0.15, -0.1) is 11.3 Å². The number of phenolic OH excluding ortho intramolecular Hbond substituents is 1. The summed E-state index contributed by atoms with van der Waals surface area (Å²) in [6.45, 7) is 8.65. The average molecular weight is 460 g/mol. The summed E-state index contributed by atoms with van der Waals surface area (Å²) in [5.41, 5.74) is 4.66. The number of hydrogen-bond donors (Lipinski definition) is 2. The van der Waals surface area contributed by atoms with Gasteiger partial charge < -0.3 is 15.2 Å². The quantitative estimate of drug-likeness (QED) is 0.222. The number of rotatable bonds is 9. The molecule has 0 bridgehead atoms. The minimum absolute atomic E-state index is 0.00643. The summed E-state index contributed by atoms with van der Waals surface area (Å²) < 4.78 is 6.76. The van der Waals surface area contributed by atoms with Crippen molar-refractivity contribution in [3.05, 3.63) is 82.2 Å². The minimum Gasteiger partial charge on any atom is -0.508 e. The highest BCUT2D eigenvalue weighted by molar-refractivity contribution is 7.21. The molecule has 170 valence electrons. The van der Waals surface area contributed by atoms with Crippen LogP contribution in [-0.4, -0.2) is 30.6 Å². The summed E-state index contributed by atoms with van der Waals surface area (Å²) in [5.74, 6) is 1.02. The van der Waals surface area contributed by atoms with Crippen LogP contribution in [0.25, 0.3) is 21.2 Å². The van der Waals surface area contributed by atoms with Gasteiger partial charge in [-0.3, -0.25) is 4.79 Å². The number of ether oxygens (including phenoxy) is 1. The normalized spacial score (nSPS) is 11.1. The Balaban J connectivity index is 1.70. The third kappa shape index (κ3) is 5.10. The molecular weight excluding hydrogens is 430 g/mol. The molecule has 5 heteroatoms. The molecule has 0 aliphatic rings. The second kappa shape index (κ2) is 10.2. The third-order valence-electron chi connectivity index (χ3n) is 5.67. The molecule has 1 heterocycles. The maximum Gasteiger partial charge on any atom is 0.203 e. The first-order chi connectivity index (χ1) is 16.0. The number of hydrogen-bond acceptors (Lipinski definition) is 5. The molecule has 0 aliphatic heterocycles. The van der Waals surface area contributed by atoms with Crippen LogP contribution in [0.3, 0.4) is 0 Å². The first kappa shape index (κ1) is 23.0. The smallest absolute Gasteiger partial charge is 0.203 e. The van der Waals surface area contributed by atoms with Crippen LogP contribution in [0.5, 0.6) is 11.5 Å². The van der Waals surface area contributed by atoms with E-state index in [9.17, 15) is 9.90 Å². The second-order valence-electron chi connectivity index (χ2n) is 8.21. The van der Waals surface area contributed by atoms with Crippen molar-refractivity contribution in [1.82, 2.24) is 5.32 Å². The van der Waals surface area contributed by atoms with Crippen molar-refractivity contribution < 1.29 is 14.6 Å². The lowest BCUT2D eigenvalue weighted by Gasteiger charge is -2.10. The van der Waals surface area contributed by atoms with Crippen molar-refractivity contribution in [3.8, 4) is 22.6 Å². The van der Waals surface area contributed by atoms with E-state index < -0.39 is 0 Å². The summed E-state index contributed by atoms with van der Waals surface area (Å²) in [4.78, 5) is 14.3. The number of aromatic hydroxyl groups is 1. The predicted molar refractivity (Wildman–Crippen MR) is 137 cm³/mol. The maximum atomic E-state index is 13.6. The Kier molecular flexibility index (Phi) is 7.11. The lowest BCUT2D eigenvalue weighted by Crippen LogP contribution is -2.16. The van der Waals surface area contributed by atoms with Gasteiger partial charge in [-0.05, 0) is 74.8 Å². The molecule has 0 atom stereocenters. The number of benzene rings is 3. The van der Waals surface area contributed by atoms with E-state index >= 15 is 0 Å². The van der Waals surface area contributed by atoms with Gasteiger partial charge in [0.25, 0.3) is 0 Å².